The fourth-order valence-electron chi connectivity index (χ4n) is 1.79. The molecule has 1 amide bonds. The lowest BCUT2D eigenvalue weighted by molar-refractivity contribution is -0.112. The first-order valence-electron chi connectivity index (χ1n) is 6.74. The second-order valence-corrected chi connectivity index (χ2v) is 5.45. The summed E-state index contributed by atoms with van der Waals surface area (Å²) < 4.78 is 0. The maximum atomic E-state index is 12.0. The second-order valence-electron chi connectivity index (χ2n) is 4.60. The van der Waals surface area contributed by atoms with Crippen LogP contribution in [0.2, 0.25) is 10.0 Å². The van der Waals surface area contributed by atoms with Crippen molar-refractivity contribution in [3.05, 3.63) is 75.9 Å². The maximum absolute atomic E-state index is 12.0. The molecule has 2 N–H and O–H groups in total. The van der Waals surface area contributed by atoms with Gasteiger partial charge in [0.25, 0.3) is 5.91 Å². The molecule has 0 aliphatic heterocycles. The van der Waals surface area contributed by atoms with Gasteiger partial charge in [0.05, 0.1) is 0 Å². The number of amides is 1. The molecule has 2 aromatic carbocycles. The minimum atomic E-state index is -0.499. The van der Waals surface area contributed by atoms with Crippen molar-refractivity contribution in [2.45, 2.75) is 6.54 Å². The molecule has 116 valence electrons. The number of nitrogens with one attached hydrogen (secondary N) is 2. The number of halogens is 2. The highest BCUT2D eigenvalue weighted by Crippen LogP contribution is 2.15. The van der Waals surface area contributed by atoms with Crippen molar-refractivity contribution in [2.75, 3.05) is 5.32 Å². The molecule has 2 aromatic rings. The molecule has 2 rings (SSSR count). The Morgan fingerprint density at radius 1 is 1.13 bits per heavy atom. The van der Waals surface area contributed by atoms with Gasteiger partial charge in [0.2, 0.25) is 0 Å². The van der Waals surface area contributed by atoms with Gasteiger partial charge in [0.1, 0.15) is 11.6 Å². The number of anilines is 1. The average Bonchev–Trinajstić information content (AvgIpc) is 2.55. The van der Waals surface area contributed by atoms with E-state index in [9.17, 15) is 4.79 Å². The molecule has 0 unspecified atom stereocenters. The monoisotopic (exact) mass is 345 g/mol. The summed E-state index contributed by atoms with van der Waals surface area (Å²) in [7, 11) is 0. The van der Waals surface area contributed by atoms with E-state index in [-0.39, 0.29) is 5.57 Å². The lowest BCUT2D eigenvalue weighted by Crippen LogP contribution is -2.16. The van der Waals surface area contributed by atoms with Crippen LogP contribution in [-0.2, 0) is 11.3 Å². The quantitative estimate of drug-likeness (QED) is 0.632. The van der Waals surface area contributed by atoms with Crippen molar-refractivity contribution >= 4 is 34.8 Å². The summed E-state index contributed by atoms with van der Waals surface area (Å²) >= 11 is 11.8. The molecule has 4 nitrogen and oxygen atoms in total. The molecular formula is C17H13Cl2N3O. The molecule has 0 saturated carbocycles. The van der Waals surface area contributed by atoms with Crippen LogP contribution in [0.4, 0.5) is 5.69 Å². The van der Waals surface area contributed by atoms with Crippen LogP contribution < -0.4 is 10.6 Å². The van der Waals surface area contributed by atoms with Crippen LogP contribution in [0, 0.1) is 11.3 Å². The highest BCUT2D eigenvalue weighted by molar-refractivity contribution is 6.31. The molecule has 0 bridgehead atoms. The SMILES string of the molecule is N#C/C(=C/NCc1ccccc1Cl)C(=O)Nc1ccc(Cl)cc1. The summed E-state index contributed by atoms with van der Waals surface area (Å²) in [4.78, 5) is 12.0. The van der Waals surface area contributed by atoms with Gasteiger partial charge < -0.3 is 10.6 Å². The Morgan fingerprint density at radius 3 is 2.48 bits per heavy atom. The minimum Gasteiger partial charge on any atom is -0.386 e. The molecule has 0 heterocycles. The smallest absolute Gasteiger partial charge is 0.267 e. The average molecular weight is 346 g/mol. The summed E-state index contributed by atoms with van der Waals surface area (Å²) in [5.41, 5.74) is 1.40. The van der Waals surface area contributed by atoms with Gasteiger partial charge in [-0.2, -0.15) is 5.26 Å². The molecule has 0 aromatic heterocycles. The van der Waals surface area contributed by atoms with Crippen LogP contribution in [0.3, 0.4) is 0 Å². The number of nitriles is 1. The Balaban J connectivity index is 1.98. The highest BCUT2D eigenvalue weighted by atomic mass is 35.5. The first-order chi connectivity index (χ1) is 11.1. The maximum Gasteiger partial charge on any atom is 0.267 e. The van der Waals surface area contributed by atoms with E-state index in [0.717, 1.165) is 5.56 Å². The van der Waals surface area contributed by atoms with Crippen molar-refractivity contribution in [2.24, 2.45) is 0 Å². The van der Waals surface area contributed by atoms with Crippen LogP contribution >= 0.6 is 23.2 Å². The van der Waals surface area contributed by atoms with Gasteiger partial charge >= 0.3 is 0 Å². The van der Waals surface area contributed by atoms with Crippen LogP contribution in [0.25, 0.3) is 0 Å². The predicted octanol–water partition coefficient (Wildman–Crippen LogP) is 4.13. The second kappa shape index (κ2) is 8.23. The molecule has 0 saturated heterocycles. The zero-order valence-corrected chi connectivity index (χ0v) is 13.5. The van der Waals surface area contributed by atoms with Gasteiger partial charge in [-0.3, -0.25) is 4.79 Å². The Hall–Kier alpha value is -2.48. The fourth-order valence-corrected chi connectivity index (χ4v) is 2.11. The fraction of sp³-hybridized carbons (Fsp3) is 0.0588. The molecule has 23 heavy (non-hydrogen) atoms. The van der Waals surface area contributed by atoms with Crippen LogP contribution in [0.5, 0.6) is 0 Å². The van der Waals surface area contributed by atoms with Crippen LogP contribution in [-0.4, -0.2) is 5.91 Å². The minimum absolute atomic E-state index is 0.0352. The van der Waals surface area contributed by atoms with Crippen molar-refractivity contribution < 1.29 is 4.79 Å². The predicted molar refractivity (Wildman–Crippen MR) is 92.1 cm³/mol. The van der Waals surface area contributed by atoms with E-state index in [1.807, 2.05) is 24.3 Å². The van der Waals surface area contributed by atoms with E-state index >= 15 is 0 Å². The number of carbonyl (C=O) groups excluding carboxylic acids is 1. The van der Waals surface area contributed by atoms with E-state index < -0.39 is 5.91 Å². The van der Waals surface area contributed by atoms with Crippen LogP contribution in [0.15, 0.2) is 60.3 Å². The zero-order chi connectivity index (χ0) is 16.7. The van der Waals surface area contributed by atoms with Gasteiger partial charge in [-0.15, -0.1) is 0 Å². The number of nitrogens with zero attached hydrogens (tertiary/aromatic N) is 1. The van der Waals surface area contributed by atoms with Gasteiger partial charge in [-0.1, -0.05) is 41.4 Å². The summed E-state index contributed by atoms with van der Waals surface area (Å²) in [6.45, 7) is 0.416. The van der Waals surface area contributed by atoms with Gasteiger partial charge in [0, 0.05) is 28.5 Å². The van der Waals surface area contributed by atoms with E-state index in [0.29, 0.717) is 22.3 Å². The lowest BCUT2D eigenvalue weighted by atomic mass is 10.2. The molecule has 0 fully saturated rings. The summed E-state index contributed by atoms with van der Waals surface area (Å²) in [5.74, 6) is -0.499. The van der Waals surface area contributed by atoms with Crippen molar-refractivity contribution in [1.82, 2.24) is 5.32 Å². The summed E-state index contributed by atoms with van der Waals surface area (Å²) in [6, 6.07) is 15.8. The lowest BCUT2D eigenvalue weighted by Gasteiger charge is -2.06. The Kier molecular flexibility index (Phi) is 6.04. The number of benzene rings is 2. The molecule has 0 atom stereocenters. The number of hydrogen-bond donors (Lipinski definition) is 2. The number of hydrogen-bond acceptors (Lipinski definition) is 3. The Labute approximate surface area is 144 Å². The Morgan fingerprint density at radius 2 is 1.83 bits per heavy atom. The van der Waals surface area contributed by atoms with Crippen LogP contribution in [0.1, 0.15) is 5.56 Å². The van der Waals surface area contributed by atoms with Gasteiger partial charge in [0.15, 0.2) is 0 Å². The third-order valence-electron chi connectivity index (χ3n) is 2.96. The van der Waals surface area contributed by atoms with Gasteiger partial charge in [-0.05, 0) is 35.9 Å². The molecule has 6 heteroatoms. The number of rotatable bonds is 5. The summed E-state index contributed by atoms with van der Waals surface area (Å²) in [5, 5.41) is 15.8. The number of carbonyl (C=O) groups is 1. The first-order valence-corrected chi connectivity index (χ1v) is 7.49. The van der Waals surface area contributed by atoms with Crippen molar-refractivity contribution in [3.8, 4) is 6.07 Å². The normalized spacial score (nSPS) is 10.7. The van der Waals surface area contributed by atoms with Crippen molar-refractivity contribution in [1.29, 1.82) is 5.26 Å². The topological polar surface area (TPSA) is 64.9 Å². The molecule has 0 spiro atoms. The molecular weight excluding hydrogens is 333 g/mol. The van der Waals surface area contributed by atoms with E-state index in [2.05, 4.69) is 10.6 Å². The summed E-state index contributed by atoms with van der Waals surface area (Å²) in [6.07, 6.45) is 1.37. The first kappa shape index (κ1) is 16.9. The molecule has 0 radical (unpaired) electrons. The van der Waals surface area contributed by atoms with Gasteiger partial charge in [-0.25, -0.2) is 0 Å². The van der Waals surface area contributed by atoms with E-state index in [1.54, 1.807) is 30.3 Å². The molecule has 0 aliphatic carbocycles. The third-order valence-corrected chi connectivity index (χ3v) is 3.58. The zero-order valence-electron chi connectivity index (χ0n) is 12.0. The third kappa shape index (κ3) is 5.03. The van der Waals surface area contributed by atoms with E-state index in [1.165, 1.54) is 6.20 Å². The molecule has 0 aliphatic rings. The van der Waals surface area contributed by atoms with Crippen molar-refractivity contribution in [3.63, 3.8) is 0 Å². The Bertz CT molecular complexity index is 764. The van der Waals surface area contributed by atoms with E-state index in [4.69, 9.17) is 28.5 Å². The largest absolute Gasteiger partial charge is 0.386 e. The standard InChI is InChI=1S/C17H13Cl2N3O/c18-14-5-7-15(8-6-14)22-17(23)13(9-20)11-21-10-12-3-1-2-4-16(12)19/h1-8,11,21H,10H2,(H,22,23)/b13-11-. The highest BCUT2D eigenvalue weighted by Gasteiger charge is 2.09.